The summed E-state index contributed by atoms with van der Waals surface area (Å²) in [6.45, 7) is 4.74. The van der Waals surface area contributed by atoms with Crippen LogP contribution < -0.4 is 0 Å². The molecule has 4 rings (SSSR count). The number of halogens is 1. The smallest absolute Gasteiger partial charge is 0.168 e. The van der Waals surface area contributed by atoms with E-state index in [1.807, 2.05) is 18.2 Å². The zero-order valence-electron chi connectivity index (χ0n) is 17.6. The first-order valence-electron chi connectivity index (χ1n) is 10.8. The lowest BCUT2D eigenvalue weighted by molar-refractivity contribution is -0.172. The van der Waals surface area contributed by atoms with Crippen LogP contribution in [0.15, 0.2) is 47.6 Å². The highest BCUT2D eigenvalue weighted by molar-refractivity contribution is 5.45. The molecule has 1 heterocycles. The monoisotopic (exact) mass is 409 g/mol. The van der Waals surface area contributed by atoms with Gasteiger partial charge in [-0.15, -0.1) is 0 Å². The molecule has 1 aliphatic heterocycles. The molecule has 1 aliphatic carbocycles. The maximum Gasteiger partial charge on any atom is 0.168 e. The van der Waals surface area contributed by atoms with Crippen LogP contribution in [0.2, 0.25) is 0 Å². The van der Waals surface area contributed by atoms with Crippen molar-refractivity contribution in [1.29, 1.82) is 0 Å². The standard InChI is InChI=1S/C24H28FN3O2/c1-3-24(4-2)29-15-19(30-24)11-12-21-20-8-6-5-7-16(20)13-17-9-10-18(25)14-22(17)23(21)27-28-26/h5-10,14,19,21,23H,3-4,11-13,15H2,1-2H3/t19-,21+,23+/m0/s1. The summed E-state index contributed by atoms with van der Waals surface area (Å²) in [4.78, 5) is 3.13. The third-order valence-electron chi connectivity index (χ3n) is 6.61. The molecule has 5 nitrogen and oxygen atoms in total. The van der Waals surface area contributed by atoms with Gasteiger partial charge in [-0.2, -0.15) is 0 Å². The van der Waals surface area contributed by atoms with Crippen LogP contribution in [0, 0.1) is 5.82 Å². The Morgan fingerprint density at radius 3 is 2.60 bits per heavy atom. The third-order valence-corrected chi connectivity index (χ3v) is 6.61. The first kappa shape index (κ1) is 20.9. The molecule has 158 valence electrons. The van der Waals surface area contributed by atoms with Crippen LogP contribution in [-0.2, 0) is 15.9 Å². The number of hydrogen-bond donors (Lipinski definition) is 0. The maximum atomic E-state index is 14.1. The number of benzene rings is 2. The van der Waals surface area contributed by atoms with Crippen LogP contribution >= 0.6 is 0 Å². The van der Waals surface area contributed by atoms with Gasteiger partial charge < -0.3 is 9.47 Å². The maximum absolute atomic E-state index is 14.1. The molecule has 0 aromatic heterocycles. The molecular formula is C24H28FN3O2. The summed E-state index contributed by atoms with van der Waals surface area (Å²) in [5.74, 6) is -0.826. The molecule has 2 aromatic rings. The first-order valence-corrected chi connectivity index (χ1v) is 10.8. The zero-order chi connectivity index (χ0) is 21.1. The van der Waals surface area contributed by atoms with Gasteiger partial charge in [-0.25, -0.2) is 4.39 Å². The Balaban J connectivity index is 1.66. The molecule has 0 bridgehead atoms. The van der Waals surface area contributed by atoms with E-state index in [0.29, 0.717) is 13.0 Å². The minimum absolute atomic E-state index is 0.0130. The van der Waals surface area contributed by atoms with Crippen LogP contribution in [0.5, 0.6) is 0 Å². The predicted molar refractivity (Wildman–Crippen MR) is 114 cm³/mol. The van der Waals surface area contributed by atoms with Crippen molar-refractivity contribution in [2.24, 2.45) is 5.11 Å². The van der Waals surface area contributed by atoms with E-state index in [1.165, 1.54) is 23.3 Å². The van der Waals surface area contributed by atoms with Crippen molar-refractivity contribution < 1.29 is 13.9 Å². The summed E-state index contributed by atoms with van der Waals surface area (Å²) in [7, 11) is 0. The summed E-state index contributed by atoms with van der Waals surface area (Å²) in [5, 5.41) is 4.15. The molecule has 1 saturated heterocycles. The molecule has 2 aliphatic rings. The Morgan fingerprint density at radius 2 is 1.87 bits per heavy atom. The van der Waals surface area contributed by atoms with Gasteiger partial charge in [0.1, 0.15) is 5.82 Å². The highest BCUT2D eigenvalue weighted by Crippen LogP contribution is 2.45. The molecule has 0 saturated carbocycles. The number of rotatable bonds is 6. The zero-order valence-corrected chi connectivity index (χ0v) is 17.6. The Morgan fingerprint density at radius 1 is 1.10 bits per heavy atom. The fourth-order valence-electron chi connectivity index (χ4n) is 4.91. The highest BCUT2D eigenvalue weighted by atomic mass is 19.1. The van der Waals surface area contributed by atoms with Crippen LogP contribution in [0.25, 0.3) is 10.4 Å². The van der Waals surface area contributed by atoms with E-state index in [1.54, 1.807) is 0 Å². The summed E-state index contributed by atoms with van der Waals surface area (Å²) < 4.78 is 26.4. The van der Waals surface area contributed by atoms with E-state index in [9.17, 15) is 9.92 Å². The molecule has 1 fully saturated rings. The van der Waals surface area contributed by atoms with Crippen LogP contribution in [0.1, 0.15) is 73.7 Å². The first-order chi connectivity index (χ1) is 14.6. The number of azide groups is 1. The van der Waals surface area contributed by atoms with Crippen LogP contribution in [-0.4, -0.2) is 18.5 Å². The van der Waals surface area contributed by atoms with Crippen molar-refractivity contribution >= 4 is 0 Å². The number of hydrogen-bond acceptors (Lipinski definition) is 3. The molecule has 3 atom stereocenters. The van der Waals surface area contributed by atoms with Crippen molar-refractivity contribution in [2.75, 3.05) is 6.61 Å². The quantitative estimate of drug-likeness (QED) is 0.307. The molecule has 0 N–H and O–H groups in total. The SMILES string of the molecule is CCC1(CC)OC[C@H](CC[C@@H]2c3ccccc3Cc3ccc(F)cc3[C@@H]2N=[N+]=[N-])O1. The van der Waals surface area contributed by atoms with Crippen LogP contribution in [0.3, 0.4) is 0 Å². The number of fused-ring (bicyclic) bond motifs is 2. The summed E-state index contributed by atoms with van der Waals surface area (Å²) in [5.41, 5.74) is 13.5. The predicted octanol–water partition coefficient (Wildman–Crippen LogP) is 6.58. The van der Waals surface area contributed by atoms with Gasteiger partial charge in [0.15, 0.2) is 5.79 Å². The molecule has 0 spiro atoms. The minimum Gasteiger partial charge on any atom is -0.347 e. The molecule has 2 aromatic carbocycles. The van der Waals surface area contributed by atoms with Crippen molar-refractivity contribution in [3.05, 3.63) is 81.0 Å². The van der Waals surface area contributed by atoms with Crippen molar-refractivity contribution in [3.8, 4) is 0 Å². The Labute approximate surface area is 176 Å². The van der Waals surface area contributed by atoms with Gasteiger partial charge in [-0.3, -0.25) is 0 Å². The second kappa shape index (κ2) is 8.76. The lowest BCUT2D eigenvalue weighted by Gasteiger charge is -2.27. The Kier molecular flexibility index (Phi) is 6.09. The van der Waals surface area contributed by atoms with E-state index in [0.717, 1.165) is 36.8 Å². The largest absolute Gasteiger partial charge is 0.347 e. The Hall–Kier alpha value is -2.40. The van der Waals surface area contributed by atoms with Crippen molar-refractivity contribution in [3.63, 3.8) is 0 Å². The van der Waals surface area contributed by atoms with E-state index in [4.69, 9.17) is 9.47 Å². The van der Waals surface area contributed by atoms with E-state index in [2.05, 4.69) is 36.0 Å². The van der Waals surface area contributed by atoms with Gasteiger partial charge in [-0.1, -0.05) is 49.3 Å². The Bertz CT molecular complexity index is 953. The van der Waals surface area contributed by atoms with Gasteiger partial charge in [0.2, 0.25) is 0 Å². The molecule has 0 amide bonds. The summed E-state index contributed by atoms with van der Waals surface area (Å²) >= 11 is 0. The molecular weight excluding hydrogens is 381 g/mol. The highest BCUT2D eigenvalue weighted by Gasteiger charge is 2.39. The number of nitrogens with zero attached hydrogens (tertiary/aromatic N) is 3. The molecule has 6 heteroatoms. The van der Waals surface area contributed by atoms with E-state index in [-0.39, 0.29) is 17.8 Å². The number of ether oxygens (including phenoxy) is 2. The van der Waals surface area contributed by atoms with Crippen molar-refractivity contribution in [2.45, 2.75) is 69.8 Å². The molecule has 0 radical (unpaired) electrons. The fraction of sp³-hybridized carbons (Fsp3) is 0.500. The van der Waals surface area contributed by atoms with E-state index < -0.39 is 11.8 Å². The summed E-state index contributed by atoms with van der Waals surface area (Å²) in [6.07, 6.45) is 3.92. The van der Waals surface area contributed by atoms with Gasteiger partial charge in [0, 0.05) is 4.91 Å². The topological polar surface area (TPSA) is 67.2 Å². The fourth-order valence-corrected chi connectivity index (χ4v) is 4.91. The van der Waals surface area contributed by atoms with Gasteiger partial charge in [-0.05, 0) is 77.9 Å². The lowest BCUT2D eigenvalue weighted by Crippen LogP contribution is -2.29. The van der Waals surface area contributed by atoms with E-state index >= 15 is 0 Å². The average Bonchev–Trinajstić information content (AvgIpc) is 3.14. The van der Waals surface area contributed by atoms with Crippen molar-refractivity contribution in [1.82, 2.24) is 0 Å². The van der Waals surface area contributed by atoms with Crippen LogP contribution in [0.4, 0.5) is 4.39 Å². The normalized spacial score (nSPS) is 24.4. The second-order valence-electron chi connectivity index (χ2n) is 8.22. The van der Waals surface area contributed by atoms with Gasteiger partial charge in [0.05, 0.1) is 18.8 Å². The average molecular weight is 410 g/mol. The van der Waals surface area contributed by atoms with Gasteiger partial charge >= 0.3 is 0 Å². The lowest BCUT2D eigenvalue weighted by atomic mass is 9.83. The van der Waals surface area contributed by atoms with Gasteiger partial charge in [0.25, 0.3) is 0 Å². The second-order valence-corrected chi connectivity index (χ2v) is 8.22. The summed E-state index contributed by atoms with van der Waals surface area (Å²) in [6, 6.07) is 12.6. The minimum atomic E-state index is -0.480. The third kappa shape index (κ3) is 3.95. The molecule has 0 unspecified atom stereocenters. The molecule has 30 heavy (non-hydrogen) atoms.